The second-order valence-electron chi connectivity index (χ2n) is 4.03. The van der Waals surface area contributed by atoms with Crippen molar-refractivity contribution < 1.29 is 9.66 Å². The number of anilines is 1. The van der Waals surface area contributed by atoms with Crippen LogP contribution in [-0.2, 0) is 7.05 Å². The lowest BCUT2D eigenvalue weighted by Crippen LogP contribution is -2.07. The summed E-state index contributed by atoms with van der Waals surface area (Å²) in [5.41, 5.74) is -0.0182. The van der Waals surface area contributed by atoms with Crippen molar-refractivity contribution in [2.45, 2.75) is 13.8 Å². The van der Waals surface area contributed by atoms with Gasteiger partial charge in [-0.05, 0) is 13.8 Å². The first-order valence-electron chi connectivity index (χ1n) is 5.94. The van der Waals surface area contributed by atoms with E-state index in [0.29, 0.717) is 12.3 Å². The van der Waals surface area contributed by atoms with Gasteiger partial charge in [0, 0.05) is 13.6 Å². The van der Waals surface area contributed by atoms with Crippen LogP contribution in [0, 0.1) is 17.0 Å². The number of rotatable bonds is 5. The van der Waals surface area contributed by atoms with E-state index in [9.17, 15) is 10.1 Å². The van der Waals surface area contributed by atoms with Gasteiger partial charge in [-0.1, -0.05) is 0 Å². The molecule has 2 aromatic rings. The van der Waals surface area contributed by atoms with Crippen molar-refractivity contribution in [2.24, 2.45) is 7.05 Å². The van der Waals surface area contributed by atoms with Gasteiger partial charge in [-0.3, -0.25) is 14.8 Å². The topological polar surface area (TPSA) is 108 Å². The highest BCUT2D eigenvalue weighted by molar-refractivity contribution is 5.50. The smallest absolute Gasteiger partial charge is 0.352 e. The zero-order valence-electron chi connectivity index (χ0n) is 11.3. The Hall–Kier alpha value is -2.71. The maximum atomic E-state index is 11.1. The predicted octanol–water partition coefficient (Wildman–Crippen LogP) is 1.65. The summed E-state index contributed by atoms with van der Waals surface area (Å²) in [5.74, 6) is 0.553. The summed E-state index contributed by atoms with van der Waals surface area (Å²) in [4.78, 5) is 18.6. The number of nitrogens with one attached hydrogen (secondary N) is 1. The highest BCUT2D eigenvalue weighted by Gasteiger charge is 2.24. The number of hydrogen-bond donors (Lipinski definition) is 1. The monoisotopic (exact) mass is 278 g/mol. The first-order valence-corrected chi connectivity index (χ1v) is 5.94. The molecule has 0 spiro atoms. The van der Waals surface area contributed by atoms with E-state index in [1.165, 1.54) is 17.8 Å². The van der Waals surface area contributed by atoms with Gasteiger partial charge in [-0.2, -0.15) is 10.1 Å². The van der Waals surface area contributed by atoms with Crippen LogP contribution in [0.25, 0.3) is 0 Å². The molecule has 0 bridgehead atoms. The van der Waals surface area contributed by atoms with Crippen LogP contribution in [0.15, 0.2) is 12.4 Å². The molecule has 0 aliphatic heterocycles. The molecule has 1 N–H and O–H groups in total. The molecule has 0 radical (unpaired) electrons. The number of hydrogen-bond acceptors (Lipinski definition) is 7. The van der Waals surface area contributed by atoms with Crippen LogP contribution in [0.2, 0.25) is 0 Å². The molecule has 0 aromatic carbocycles. The molecule has 0 aliphatic carbocycles. The summed E-state index contributed by atoms with van der Waals surface area (Å²) >= 11 is 0. The predicted molar refractivity (Wildman–Crippen MR) is 70.9 cm³/mol. The number of aryl methyl sites for hydroxylation is 2. The Morgan fingerprint density at radius 2 is 2.25 bits per heavy atom. The van der Waals surface area contributed by atoms with E-state index in [1.54, 1.807) is 13.2 Å². The lowest BCUT2D eigenvalue weighted by molar-refractivity contribution is -0.386. The standard InChI is InChI=1S/C11H14N6O3/c1-4-12-11-14-7(2)9(17(18)19)10(15-11)20-8-5-13-16(3)6-8/h5-6H,4H2,1-3H3,(H,12,14,15). The zero-order chi connectivity index (χ0) is 14.7. The molecule has 2 aromatic heterocycles. The summed E-state index contributed by atoms with van der Waals surface area (Å²) in [5, 5.41) is 17.9. The summed E-state index contributed by atoms with van der Waals surface area (Å²) in [6.07, 6.45) is 3.04. The summed E-state index contributed by atoms with van der Waals surface area (Å²) < 4.78 is 6.97. The van der Waals surface area contributed by atoms with E-state index in [4.69, 9.17) is 4.74 Å². The van der Waals surface area contributed by atoms with Crippen LogP contribution in [0.5, 0.6) is 11.6 Å². The SMILES string of the molecule is CCNc1nc(C)c([N+](=O)[O-])c(Oc2cnn(C)c2)n1. The van der Waals surface area contributed by atoms with Crippen molar-refractivity contribution in [1.82, 2.24) is 19.7 Å². The van der Waals surface area contributed by atoms with Crippen LogP contribution >= 0.6 is 0 Å². The fourth-order valence-electron chi connectivity index (χ4n) is 1.62. The van der Waals surface area contributed by atoms with Crippen LogP contribution in [0.3, 0.4) is 0 Å². The summed E-state index contributed by atoms with van der Waals surface area (Å²) in [7, 11) is 1.72. The van der Waals surface area contributed by atoms with E-state index >= 15 is 0 Å². The number of ether oxygens (including phenoxy) is 1. The van der Waals surface area contributed by atoms with Gasteiger partial charge in [0.2, 0.25) is 5.95 Å². The first kappa shape index (κ1) is 13.7. The molecular weight excluding hydrogens is 264 g/mol. The van der Waals surface area contributed by atoms with Gasteiger partial charge in [-0.25, -0.2) is 4.98 Å². The fraction of sp³-hybridized carbons (Fsp3) is 0.364. The molecular formula is C11H14N6O3. The third-order valence-electron chi connectivity index (χ3n) is 2.44. The molecule has 0 fully saturated rings. The minimum absolute atomic E-state index is 0.105. The molecule has 0 aliphatic rings. The lowest BCUT2D eigenvalue weighted by Gasteiger charge is -2.07. The van der Waals surface area contributed by atoms with Crippen molar-refractivity contribution in [3.05, 3.63) is 28.2 Å². The first-order chi connectivity index (χ1) is 9.51. The van der Waals surface area contributed by atoms with Gasteiger partial charge < -0.3 is 10.1 Å². The third-order valence-corrected chi connectivity index (χ3v) is 2.44. The van der Waals surface area contributed by atoms with Crippen molar-refractivity contribution in [3.8, 4) is 11.6 Å². The largest absolute Gasteiger partial charge is 0.430 e. The molecule has 9 heteroatoms. The average molecular weight is 278 g/mol. The van der Waals surface area contributed by atoms with Crippen molar-refractivity contribution in [3.63, 3.8) is 0 Å². The molecule has 0 unspecified atom stereocenters. The van der Waals surface area contributed by atoms with Crippen molar-refractivity contribution in [1.29, 1.82) is 0 Å². The molecule has 20 heavy (non-hydrogen) atoms. The Morgan fingerprint density at radius 3 is 2.80 bits per heavy atom. The second kappa shape index (κ2) is 5.51. The zero-order valence-corrected chi connectivity index (χ0v) is 11.3. The number of nitro groups is 1. The lowest BCUT2D eigenvalue weighted by atomic mass is 10.3. The van der Waals surface area contributed by atoms with Gasteiger partial charge in [0.1, 0.15) is 5.69 Å². The van der Waals surface area contributed by atoms with Crippen molar-refractivity contribution >= 4 is 11.6 Å². The van der Waals surface area contributed by atoms with E-state index in [0.717, 1.165) is 0 Å². The highest BCUT2D eigenvalue weighted by Crippen LogP contribution is 2.32. The van der Waals surface area contributed by atoms with Gasteiger partial charge in [-0.15, -0.1) is 0 Å². The molecule has 2 heterocycles. The average Bonchev–Trinajstić information content (AvgIpc) is 2.74. The van der Waals surface area contributed by atoms with Crippen LogP contribution < -0.4 is 10.1 Å². The maximum Gasteiger partial charge on any atom is 0.352 e. The van der Waals surface area contributed by atoms with E-state index in [-0.39, 0.29) is 23.2 Å². The minimum Gasteiger partial charge on any atom is -0.430 e. The maximum absolute atomic E-state index is 11.1. The normalized spacial score (nSPS) is 10.3. The molecule has 2 rings (SSSR count). The van der Waals surface area contributed by atoms with E-state index in [2.05, 4.69) is 20.4 Å². The minimum atomic E-state index is -0.559. The number of nitrogens with zero attached hydrogens (tertiary/aromatic N) is 5. The van der Waals surface area contributed by atoms with Crippen molar-refractivity contribution in [2.75, 3.05) is 11.9 Å². The van der Waals surface area contributed by atoms with Crippen LogP contribution in [0.4, 0.5) is 11.6 Å². The van der Waals surface area contributed by atoms with Gasteiger partial charge in [0.15, 0.2) is 5.75 Å². The summed E-state index contributed by atoms with van der Waals surface area (Å²) in [6.45, 7) is 4.02. The Kier molecular flexibility index (Phi) is 3.78. The second-order valence-corrected chi connectivity index (χ2v) is 4.03. The van der Waals surface area contributed by atoms with Gasteiger partial charge in [0.25, 0.3) is 0 Å². The Labute approximate surface area is 114 Å². The Bertz CT molecular complexity index is 639. The molecule has 0 atom stereocenters. The molecule has 9 nitrogen and oxygen atoms in total. The van der Waals surface area contributed by atoms with Crippen LogP contribution in [0.1, 0.15) is 12.6 Å². The van der Waals surface area contributed by atoms with Gasteiger partial charge in [0.05, 0.1) is 17.3 Å². The number of aromatic nitrogens is 4. The fourth-order valence-corrected chi connectivity index (χ4v) is 1.62. The van der Waals surface area contributed by atoms with Gasteiger partial charge >= 0.3 is 11.6 Å². The third kappa shape index (κ3) is 2.82. The molecule has 0 amide bonds. The summed E-state index contributed by atoms with van der Waals surface area (Å²) in [6, 6.07) is 0. The Morgan fingerprint density at radius 1 is 1.50 bits per heavy atom. The van der Waals surface area contributed by atoms with Crippen LogP contribution in [-0.4, -0.2) is 31.2 Å². The van der Waals surface area contributed by atoms with E-state index in [1.807, 2.05) is 6.92 Å². The quantitative estimate of drug-likeness (QED) is 0.654. The molecule has 0 saturated heterocycles. The molecule has 0 saturated carbocycles. The molecule has 106 valence electrons. The highest BCUT2D eigenvalue weighted by atomic mass is 16.6. The Balaban J connectivity index is 2.44. The van der Waals surface area contributed by atoms with E-state index < -0.39 is 4.92 Å².